The highest BCUT2D eigenvalue weighted by molar-refractivity contribution is 5.85. The van der Waals surface area contributed by atoms with E-state index in [1.807, 2.05) is 13.0 Å². The summed E-state index contributed by atoms with van der Waals surface area (Å²) in [5, 5.41) is 2.67. The lowest BCUT2D eigenvalue weighted by Crippen LogP contribution is -2.35. The number of hydrogen-bond donors (Lipinski definition) is 2. The van der Waals surface area contributed by atoms with Gasteiger partial charge in [0.25, 0.3) is 0 Å². The van der Waals surface area contributed by atoms with Gasteiger partial charge in [0.1, 0.15) is 0 Å². The van der Waals surface area contributed by atoms with E-state index in [9.17, 15) is 9.59 Å². The van der Waals surface area contributed by atoms with E-state index in [-0.39, 0.29) is 18.4 Å². The molecule has 0 saturated carbocycles. The van der Waals surface area contributed by atoms with Gasteiger partial charge in [-0.1, -0.05) is 30.3 Å². The second-order valence-corrected chi connectivity index (χ2v) is 4.45. The highest BCUT2D eigenvalue weighted by atomic mass is 16.5. The topological polar surface area (TPSA) is 81.4 Å². The van der Waals surface area contributed by atoms with Crippen LogP contribution in [-0.4, -0.2) is 25.0 Å². The van der Waals surface area contributed by atoms with Gasteiger partial charge in [0.05, 0.1) is 7.11 Å². The molecule has 0 radical (unpaired) electrons. The molecule has 1 aromatic carbocycles. The molecule has 0 saturated heterocycles. The summed E-state index contributed by atoms with van der Waals surface area (Å²) in [6, 6.07) is 8.18. The third kappa shape index (κ3) is 5.09. The van der Waals surface area contributed by atoms with E-state index >= 15 is 0 Å². The van der Waals surface area contributed by atoms with E-state index in [4.69, 9.17) is 10.5 Å². The first-order valence-electron chi connectivity index (χ1n) is 6.22. The van der Waals surface area contributed by atoms with Gasteiger partial charge in [0.15, 0.2) is 6.04 Å². The number of methoxy groups -OCH3 is 1. The Labute approximate surface area is 113 Å². The molecule has 0 fully saturated rings. The van der Waals surface area contributed by atoms with Crippen LogP contribution in [0, 0.1) is 0 Å². The maximum atomic E-state index is 11.8. The second-order valence-electron chi connectivity index (χ2n) is 4.45. The SMILES string of the molecule is COC(=O)C(NC(=O)CCC(C)N)c1ccccc1. The molecule has 1 rings (SSSR count). The lowest BCUT2D eigenvalue weighted by molar-refractivity contribution is -0.145. The predicted octanol–water partition coefficient (Wildman–Crippen LogP) is 1.14. The Kier molecular flexibility index (Phi) is 6.02. The minimum absolute atomic E-state index is 0.0425. The third-order valence-corrected chi connectivity index (χ3v) is 2.70. The lowest BCUT2D eigenvalue weighted by atomic mass is 10.1. The van der Waals surface area contributed by atoms with Crippen molar-refractivity contribution < 1.29 is 14.3 Å². The van der Waals surface area contributed by atoms with Crippen molar-refractivity contribution in [2.45, 2.75) is 31.8 Å². The van der Waals surface area contributed by atoms with E-state index in [0.717, 1.165) is 0 Å². The molecule has 0 aromatic heterocycles. The van der Waals surface area contributed by atoms with Crippen LogP contribution in [0.25, 0.3) is 0 Å². The van der Waals surface area contributed by atoms with Crippen molar-refractivity contribution in [2.24, 2.45) is 5.73 Å². The summed E-state index contributed by atoms with van der Waals surface area (Å²) in [4.78, 5) is 23.5. The van der Waals surface area contributed by atoms with E-state index in [1.54, 1.807) is 24.3 Å². The number of carbonyl (C=O) groups excluding carboxylic acids is 2. The van der Waals surface area contributed by atoms with Crippen molar-refractivity contribution in [2.75, 3.05) is 7.11 Å². The summed E-state index contributed by atoms with van der Waals surface area (Å²) < 4.78 is 4.71. The number of rotatable bonds is 6. The van der Waals surface area contributed by atoms with Gasteiger partial charge >= 0.3 is 5.97 Å². The van der Waals surface area contributed by atoms with Gasteiger partial charge in [-0.3, -0.25) is 4.79 Å². The van der Waals surface area contributed by atoms with Gasteiger partial charge in [-0.2, -0.15) is 0 Å². The molecule has 5 heteroatoms. The second kappa shape index (κ2) is 7.53. The highest BCUT2D eigenvalue weighted by Gasteiger charge is 2.23. The van der Waals surface area contributed by atoms with Crippen molar-refractivity contribution in [1.29, 1.82) is 0 Å². The largest absolute Gasteiger partial charge is 0.467 e. The molecular formula is C14H20N2O3. The van der Waals surface area contributed by atoms with Crippen LogP contribution in [-0.2, 0) is 14.3 Å². The monoisotopic (exact) mass is 264 g/mol. The quantitative estimate of drug-likeness (QED) is 0.755. The molecule has 2 unspecified atom stereocenters. The number of esters is 1. The van der Waals surface area contributed by atoms with Crippen LogP contribution in [0.4, 0.5) is 0 Å². The summed E-state index contributed by atoms with van der Waals surface area (Å²) in [5.41, 5.74) is 6.29. The van der Waals surface area contributed by atoms with Crippen LogP contribution in [0.5, 0.6) is 0 Å². The predicted molar refractivity (Wildman–Crippen MR) is 72.2 cm³/mol. The number of amides is 1. The number of nitrogens with two attached hydrogens (primary N) is 1. The van der Waals surface area contributed by atoms with Crippen LogP contribution in [0.1, 0.15) is 31.4 Å². The first kappa shape index (κ1) is 15.2. The number of nitrogens with one attached hydrogen (secondary N) is 1. The van der Waals surface area contributed by atoms with Crippen LogP contribution < -0.4 is 11.1 Å². The van der Waals surface area contributed by atoms with Gasteiger partial charge in [0, 0.05) is 12.5 Å². The van der Waals surface area contributed by atoms with Crippen molar-refractivity contribution in [3.63, 3.8) is 0 Å². The van der Waals surface area contributed by atoms with Crippen molar-refractivity contribution >= 4 is 11.9 Å². The summed E-state index contributed by atoms with van der Waals surface area (Å²) in [6.07, 6.45) is 0.868. The van der Waals surface area contributed by atoms with E-state index in [2.05, 4.69) is 5.32 Å². The Morgan fingerprint density at radius 3 is 2.47 bits per heavy atom. The molecule has 0 aliphatic heterocycles. The summed E-state index contributed by atoms with van der Waals surface area (Å²) in [6.45, 7) is 1.84. The Hall–Kier alpha value is -1.88. The van der Waals surface area contributed by atoms with Crippen molar-refractivity contribution in [3.05, 3.63) is 35.9 Å². The molecular weight excluding hydrogens is 244 g/mol. The van der Waals surface area contributed by atoms with Crippen molar-refractivity contribution in [1.82, 2.24) is 5.32 Å². The molecule has 0 heterocycles. The van der Waals surface area contributed by atoms with Gasteiger partial charge in [-0.25, -0.2) is 4.79 Å². The van der Waals surface area contributed by atoms with Gasteiger partial charge in [-0.05, 0) is 18.9 Å². The average Bonchev–Trinajstić information content (AvgIpc) is 2.42. The van der Waals surface area contributed by atoms with Gasteiger partial charge in [0.2, 0.25) is 5.91 Å². The molecule has 0 aliphatic rings. The van der Waals surface area contributed by atoms with Crippen LogP contribution in [0.2, 0.25) is 0 Å². The third-order valence-electron chi connectivity index (χ3n) is 2.70. The number of hydrogen-bond acceptors (Lipinski definition) is 4. The fourth-order valence-corrected chi connectivity index (χ4v) is 1.63. The molecule has 1 aromatic rings. The molecule has 2 atom stereocenters. The Bertz CT molecular complexity index is 418. The molecule has 0 bridgehead atoms. The smallest absolute Gasteiger partial charge is 0.333 e. The fourth-order valence-electron chi connectivity index (χ4n) is 1.63. The van der Waals surface area contributed by atoms with Crippen LogP contribution in [0.15, 0.2) is 30.3 Å². The fraction of sp³-hybridized carbons (Fsp3) is 0.429. The zero-order chi connectivity index (χ0) is 14.3. The molecule has 3 N–H and O–H groups in total. The molecule has 0 aliphatic carbocycles. The Morgan fingerprint density at radius 1 is 1.32 bits per heavy atom. The molecule has 19 heavy (non-hydrogen) atoms. The van der Waals surface area contributed by atoms with E-state index < -0.39 is 12.0 Å². The van der Waals surface area contributed by atoms with Crippen LogP contribution in [0.3, 0.4) is 0 Å². The standard InChI is InChI=1S/C14H20N2O3/c1-10(15)8-9-12(17)16-13(14(18)19-2)11-6-4-3-5-7-11/h3-7,10,13H,8-9,15H2,1-2H3,(H,16,17). The Balaban J connectivity index is 2.71. The van der Waals surface area contributed by atoms with Gasteiger partial charge in [-0.15, -0.1) is 0 Å². The first-order valence-corrected chi connectivity index (χ1v) is 6.22. The molecule has 5 nitrogen and oxygen atoms in total. The Morgan fingerprint density at radius 2 is 1.95 bits per heavy atom. The minimum atomic E-state index is -0.771. The van der Waals surface area contributed by atoms with Crippen LogP contribution >= 0.6 is 0 Å². The number of benzene rings is 1. The normalized spacial score (nSPS) is 13.4. The van der Waals surface area contributed by atoms with E-state index in [0.29, 0.717) is 12.0 Å². The number of carbonyl (C=O) groups is 2. The zero-order valence-electron chi connectivity index (χ0n) is 11.3. The summed E-state index contributed by atoms with van der Waals surface area (Å²) in [7, 11) is 1.30. The summed E-state index contributed by atoms with van der Waals surface area (Å²) >= 11 is 0. The molecule has 104 valence electrons. The van der Waals surface area contributed by atoms with Crippen molar-refractivity contribution in [3.8, 4) is 0 Å². The lowest BCUT2D eigenvalue weighted by Gasteiger charge is -2.17. The number of ether oxygens (including phenoxy) is 1. The average molecular weight is 264 g/mol. The van der Waals surface area contributed by atoms with Gasteiger partial charge < -0.3 is 15.8 Å². The first-order chi connectivity index (χ1) is 9.04. The minimum Gasteiger partial charge on any atom is -0.467 e. The molecule has 0 spiro atoms. The highest BCUT2D eigenvalue weighted by Crippen LogP contribution is 2.14. The zero-order valence-corrected chi connectivity index (χ0v) is 11.3. The maximum absolute atomic E-state index is 11.8. The maximum Gasteiger partial charge on any atom is 0.333 e. The summed E-state index contributed by atoms with van der Waals surface area (Å²) in [5.74, 6) is -0.697. The molecule has 1 amide bonds. The van der Waals surface area contributed by atoms with E-state index in [1.165, 1.54) is 7.11 Å².